The summed E-state index contributed by atoms with van der Waals surface area (Å²) in [7, 11) is 2.16. The van der Waals surface area contributed by atoms with Crippen LogP contribution in [0.2, 0.25) is 0 Å². The van der Waals surface area contributed by atoms with Gasteiger partial charge in [-0.3, -0.25) is 14.5 Å². The zero-order valence-corrected chi connectivity index (χ0v) is 18.2. The number of anilines is 1. The highest BCUT2D eigenvalue weighted by Gasteiger charge is 2.14. The zero-order chi connectivity index (χ0) is 22.3. The second-order valence-electron chi connectivity index (χ2n) is 8.09. The maximum atomic E-state index is 12.5. The summed E-state index contributed by atoms with van der Waals surface area (Å²) in [6, 6.07) is 18.4. The molecule has 3 aromatic rings. The molecule has 2 aromatic carbocycles. The summed E-state index contributed by atoms with van der Waals surface area (Å²) < 4.78 is 5.08. The molecule has 1 saturated heterocycles. The van der Waals surface area contributed by atoms with Crippen LogP contribution in [0, 0.1) is 0 Å². The van der Waals surface area contributed by atoms with Gasteiger partial charge in [-0.25, -0.2) is 0 Å². The summed E-state index contributed by atoms with van der Waals surface area (Å²) in [5.74, 6) is -0.247. The molecule has 2 heterocycles. The number of rotatable bonds is 7. The predicted molar refractivity (Wildman–Crippen MR) is 123 cm³/mol. The highest BCUT2D eigenvalue weighted by atomic mass is 16.3. The second kappa shape index (κ2) is 10.3. The minimum absolute atomic E-state index is 0.154. The summed E-state index contributed by atoms with van der Waals surface area (Å²) in [6.45, 7) is 5.75. The Morgan fingerprint density at radius 1 is 0.906 bits per heavy atom. The minimum Gasteiger partial charge on any atom is -0.459 e. The lowest BCUT2D eigenvalue weighted by Crippen LogP contribution is -2.43. The SMILES string of the molecule is CN1CCN(Cc2cccc(CNC(=O)c3ccc(NC(=O)c4ccco4)cc3)c2)CC1. The van der Waals surface area contributed by atoms with Gasteiger partial charge >= 0.3 is 0 Å². The molecule has 0 bridgehead atoms. The van der Waals surface area contributed by atoms with Crippen molar-refractivity contribution in [2.45, 2.75) is 13.1 Å². The Morgan fingerprint density at radius 3 is 2.38 bits per heavy atom. The van der Waals surface area contributed by atoms with E-state index in [0.29, 0.717) is 17.8 Å². The van der Waals surface area contributed by atoms with E-state index in [1.165, 1.54) is 11.8 Å². The van der Waals surface area contributed by atoms with Gasteiger partial charge in [0.05, 0.1) is 6.26 Å². The normalized spacial score (nSPS) is 14.8. The van der Waals surface area contributed by atoms with Crippen molar-refractivity contribution in [1.82, 2.24) is 15.1 Å². The maximum Gasteiger partial charge on any atom is 0.291 e. The fourth-order valence-electron chi connectivity index (χ4n) is 3.69. The molecule has 0 radical (unpaired) electrons. The number of nitrogens with zero attached hydrogens (tertiary/aromatic N) is 2. The molecule has 2 N–H and O–H groups in total. The monoisotopic (exact) mass is 432 g/mol. The van der Waals surface area contributed by atoms with E-state index in [-0.39, 0.29) is 17.6 Å². The van der Waals surface area contributed by atoms with Crippen LogP contribution in [0.1, 0.15) is 32.0 Å². The van der Waals surface area contributed by atoms with Gasteiger partial charge in [-0.15, -0.1) is 0 Å². The Morgan fingerprint density at radius 2 is 1.66 bits per heavy atom. The third-order valence-corrected chi connectivity index (χ3v) is 5.60. The average Bonchev–Trinajstić information content (AvgIpc) is 3.35. The number of hydrogen-bond donors (Lipinski definition) is 2. The molecule has 1 aliphatic heterocycles. The molecule has 2 amide bonds. The molecule has 1 aromatic heterocycles. The number of carbonyl (C=O) groups is 2. The van der Waals surface area contributed by atoms with Gasteiger partial charge in [0, 0.05) is 50.5 Å². The van der Waals surface area contributed by atoms with Crippen molar-refractivity contribution in [3.63, 3.8) is 0 Å². The Bertz CT molecular complexity index is 1040. The van der Waals surface area contributed by atoms with Crippen molar-refractivity contribution in [3.8, 4) is 0 Å². The summed E-state index contributed by atoms with van der Waals surface area (Å²) in [6.07, 6.45) is 1.45. The summed E-state index contributed by atoms with van der Waals surface area (Å²) in [4.78, 5) is 29.4. The Labute approximate surface area is 188 Å². The number of likely N-dealkylation sites (N-methyl/N-ethyl adjacent to an activating group) is 1. The number of piperazine rings is 1. The molecule has 1 fully saturated rings. The van der Waals surface area contributed by atoms with Crippen LogP contribution < -0.4 is 10.6 Å². The van der Waals surface area contributed by atoms with Crippen LogP contribution in [0.3, 0.4) is 0 Å². The number of carbonyl (C=O) groups excluding carboxylic acids is 2. The van der Waals surface area contributed by atoms with Crippen molar-refractivity contribution in [3.05, 3.63) is 89.4 Å². The van der Waals surface area contributed by atoms with Crippen molar-refractivity contribution >= 4 is 17.5 Å². The molecule has 4 rings (SSSR count). The van der Waals surface area contributed by atoms with Crippen LogP contribution in [0.4, 0.5) is 5.69 Å². The molecule has 0 saturated carbocycles. The Hall–Kier alpha value is -3.42. The van der Waals surface area contributed by atoms with Gasteiger partial charge in [-0.05, 0) is 54.6 Å². The zero-order valence-electron chi connectivity index (χ0n) is 18.2. The molecule has 166 valence electrons. The third kappa shape index (κ3) is 5.84. The highest BCUT2D eigenvalue weighted by Crippen LogP contribution is 2.13. The largest absolute Gasteiger partial charge is 0.459 e. The lowest BCUT2D eigenvalue weighted by molar-refractivity contribution is 0.0950. The van der Waals surface area contributed by atoms with E-state index in [9.17, 15) is 9.59 Å². The molecular weight excluding hydrogens is 404 g/mol. The number of furan rings is 1. The molecular formula is C25H28N4O3. The third-order valence-electron chi connectivity index (χ3n) is 5.60. The first-order chi connectivity index (χ1) is 15.6. The van der Waals surface area contributed by atoms with Gasteiger partial charge in [0.1, 0.15) is 0 Å². The predicted octanol–water partition coefficient (Wildman–Crippen LogP) is 3.21. The molecule has 0 spiro atoms. The van der Waals surface area contributed by atoms with Crippen molar-refractivity contribution in [2.24, 2.45) is 0 Å². The molecule has 32 heavy (non-hydrogen) atoms. The molecule has 0 aliphatic carbocycles. The minimum atomic E-state index is -0.330. The molecule has 1 aliphatic rings. The highest BCUT2D eigenvalue weighted by molar-refractivity contribution is 6.02. The quantitative estimate of drug-likeness (QED) is 0.600. The number of benzene rings is 2. The number of hydrogen-bond acceptors (Lipinski definition) is 5. The summed E-state index contributed by atoms with van der Waals surface area (Å²) in [5.41, 5.74) is 3.47. The summed E-state index contributed by atoms with van der Waals surface area (Å²) >= 11 is 0. The fraction of sp³-hybridized carbons (Fsp3) is 0.280. The summed E-state index contributed by atoms with van der Waals surface area (Å²) in [5, 5.41) is 5.71. The van der Waals surface area contributed by atoms with Gasteiger partial charge in [0.25, 0.3) is 11.8 Å². The van der Waals surface area contributed by atoms with E-state index in [1.807, 2.05) is 12.1 Å². The molecule has 0 unspecified atom stereocenters. The number of amides is 2. The molecule has 0 atom stereocenters. The fourth-order valence-corrected chi connectivity index (χ4v) is 3.69. The van der Waals surface area contributed by atoms with E-state index in [4.69, 9.17) is 4.42 Å². The topological polar surface area (TPSA) is 77.8 Å². The molecule has 7 nitrogen and oxygen atoms in total. The lowest BCUT2D eigenvalue weighted by Gasteiger charge is -2.32. The van der Waals surface area contributed by atoms with E-state index in [2.05, 4.69) is 39.6 Å². The van der Waals surface area contributed by atoms with Gasteiger partial charge in [0.15, 0.2) is 5.76 Å². The standard InChI is InChI=1S/C25H28N4O3/c1-28-11-13-29(14-12-28)18-20-5-2-4-19(16-20)17-26-24(30)21-7-9-22(10-8-21)27-25(31)23-6-3-15-32-23/h2-10,15-16H,11-14,17-18H2,1H3,(H,26,30)(H,27,31). The van der Waals surface area contributed by atoms with Crippen LogP contribution >= 0.6 is 0 Å². The Balaban J connectivity index is 1.28. The Kier molecular flexibility index (Phi) is 6.99. The van der Waals surface area contributed by atoms with Crippen LogP contribution in [0.15, 0.2) is 71.3 Å². The van der Waals surface area contributed by atoms with Crippen LogP contribution in [-0.4, -0.2) is 54.8 Å². The van der Waals surface area contributed by atoms with Crippen LogP contribution in [0.5, 0.6) is 0 Å². The van der Waals surface area contributed by atoms with Crippen LogP contribution in [0.25, 0.3) is 0 Å². The molecule has 7 heteroatoms. The van der Waals surface area contributed by atoms with E-state index in [0.717, 1.165) is 38.3 Å². The van der Waals surface area contributed by atoms with Gasteiger partial charge in [0.2, 0.25) is 0 Å². The second-order valence-corrected chi connectivity index (χ2v) is 8.09. The maximum absolute atomic E-state index is 12.5. The first-order valence-electron chi connectivity index (χ1n) is 10.8. The lowest BCUT2D eigenvalue weighted by atomic mass is 10.1. The van der Waals surface area contributed by atoms with Crippen molar-refractivity contribution in [2.75, 3.05) is 38.5 Å². The van der Waals surface area contributed by atoms with Crippen LogP contribution in [-0.2, 0) is 13.1 Å². The average molecular weight is 433 g/mol. The van der Waals surface area contributed by atoms with E-state index < -0.39 is 0 Å². The first-order valence-corrected chi connectivity index (χ1v) is 10.8. The van der Waals surface area contributed by atoms with Gasteiger partial charge in [-0.1, -0.05) is 24.3 Å². The van der Waals surface area contributed by atoms with E-state index in [1.54, 1.807) is 36.4 Å². The first kappa shape index (κ1) is 21.8. The van der Waals surface area contributed by atoms with Crippen molar-refractivity contribution < 1.29 is 14.0 Å². The number of nitrogens with one attached hydrogen (secondary N) is 2. The van der Waals surface area contributed by atoms with Gasteiger partial charge in [-0.2, -0.15) is 0 Å². The van der Waals surface area contributed by atoms with Crippen molar-refractivity contribution in [1.29, 1.82) is 0 Å². The van der Waals surface area contributed by atoms with E-state index >= 15 is 0 Å². The smallest absolute Gasteiger partial charge is 0.291 e. The van der Waals surface area contributed by atoms with Gasteiger partial charge < -0.3 is 20.0 Å².